The van der Waals surface area contributed by atoms with Crippen LogP contribution < -0.4 is 10.5 Å². The van der Waals surface area contributed by atoms with Crippen molar-refractivity contribution in [3.8, 4) is 17.3 Å². The van der Waals surface area contributed by atoms with Gasteiger partial charge in [0, 0.05) is 5.56 Å². The number of hydrogen-bond acceptors (Lipinski definition) is 4. The normalized spacial score (nSPS) is 11.3. The molecule has 1 heterocycles. The molecule has 19 heavy (non-hydrogen) atoms. The lowest BCUT2D eigenvalue weighted by Gasteiger charge is -2.06. The van der Waals surface area contributed by atoms with Crippen LogP contribution in [-0.2, 0) is 6.18 Å². The quantitative estimate of drug-likeness (QED) is 0.911. The van der Waals surface area contributed by atoms with Gasteiger partial charge in [-0.3, -0.25) is 0 Å². The van der Waals surface area contributed by atoms with E-state index in [0.29, 0.717) is 5.56 Å². The summed E-state index contributed by atoms with van der Waals surface area (Å²) in [6.07, 6.45) is -4.73. The third kappa shape index (κ3) is 3.03. The van der Waals surface area contributed by atoms with E-state index in [1.807, 2.05) is 0 Å². The van der Waals surface area contributed by atoms with Crippen molar-refractivity contribution < 1.29 is 27.1 Å². The van der Waals surface area contributed by atoms with Crippen LogP contribution in [0.4, 0.5) is 18.0 Å². The number of carbonyl (C=O) groups is 1. The first-order valence-electron chi connectivity index (χ1n) is 4.97. The molecule has 8 heteroatoms. The molecular weight excluding hydrogens is 265 g/mol. The van der Waals surface area contributed by atoms with Crippen LogP contribution >= 0.6 is 0 Å². The van der Waals surface area contributed by atoms with Crippen molar-refractivity contribution in [1.29, 1.82) is 0 Å². The maximum atomic E-state index is 12.4. The molecule has 0 radical (unpaired) electrons. The zero-order valence-corrected chi connectivity index (χ0v) is 9.27. The number of nitrogens with two attached hydrogens (primary N) is 1. The second-order valence-electron chi connectivity index (χ2n) is 3.49. The zero-order valence-electron chi connectivity index (χ0n) is 9.27. The number of carbonyl (C=O) groups excluding carboxylic acids is 1. The van der Waals surface area contributed by atoms with Gasteiger partial charge in [0.1, 0.15) is 12.0 Å². The molecule has 1 aromatic heterocycles. The minimum atomic E-state index is -4.40. The molecule has 0 unspecified atom stereocenters. The molecule has 0 aliphatic carbocycles. The minimum Gasteiger partial charge on any atom is -0.417 e. The Bertz CT molecular complexity index is 590. The third-order valence-corrected chi connectivity index (χ3v) is 2.18. The van der Waals surface area contributed by atoms with E-state index in [4.69, 9.17) is 10.2 Å². The summed E-state index contributed by atoms with van der Waals surface area (Å²) in [7, 11) is 0. The molecule has 2 rings (SSSR count). The number of amides is 1. The number of alkyl halides is 3. The van der Waals surface area contributed by atoms with Gasteiger partial charge >= 0.3 is 18.3 Å². The maximum Gasteiger partial charge on any atom is 0.416 e. The number of hydrogen-bond donors (Lipinski definition) is 1. The number of nitrogens with zero attached hydrogens (tertiary/aromatic N) is 1. The highest BCUT2D eigenvalue weighted by molar-refractivity contribution is 5.67. The van der Waals surface area contributed by atoms with Crippen LogP contribution in [0, 0.1) is 0 Å². The second-order valence-corrected chi connectivity index (χ2v) is 3.49. The first-order chi connectivity index (χ1) is 8.86. The van der Waals surface area contributed by atoms with E-state index in [0.717, 1.165) is 18.4 Å². The highest BCUT2D eigenvalue weighted by atomic mass is 19.4. The van der Waals surface area contributed by atoms with Crippen LogP contribution in [0.25, 0.3) is 11.3 Å². The fourth-order valence-corrected chi connectivity index (χ4v) is 1.35. The Morgan fingerprint density at radius 1 is 1.26 bits per heavy atom. The smallest absolute Gasteiger partial charge is 0.416 e. The molecule has 1 aromatic carbocycles. The molecule has 100 valence electrons. The molecule has 1 amide bonds. The molecule has 2 N–H and O–H groups in total. The standard InChI is InChI=1S/C11H7F3N2O3/c12-11(13,14)7-3-1-6(2-4-7)8-5-18-10(16-8)19-9(15)17/h1-5H,(H2,15,17). The van der Waals surface area contributed by atoms with E-state index in [9.17, 15) is 18.0 Å². The molecule has 0 bridgehead atoms. The van der Waals surface area contributed by atoms with E-state index in [1.54, 1.807) is 0 Å². The number of oxazole rings is 1. The molecule has 0 atom stereocenters. The van der Waals surface area contributed by atoms with Crippen molar-refractivity contribution in [3.63, 3.8) is 0 Å². The lowest BCUT2D eigenvalue weighted by Crippen LogP contribution is -2.16. The Labute approximate surface area is 104 Å². The fraction of sp³-hybridized carbons (Fsp3) is 0.0909. The first-order valence-corrected chi connectivity index (χ1v) is 4.97. The fourth-order valence-electron chi connectivity index (χ4n) is 1.35. The van der Waals surface area contributed by atoms with Gasteiger partial charge in [-0.05, 0) is 12.1 Å². The van der Waals surface area contributed by atoms with Crippen LogP contribution in [-0.4, -0.2) is 11.1 Å². The van der Waals surface area contributed by atoms with Gasteiger partial charge in [-0.15, -0.1) is 0 Å². The average Bonchev–Trinajstić information content (AvgIpc) is 2.75. The van der Waals surface area contributed by atoms with Crippen molar-refractivity contribution in [2.45, 2.75) is 6.18 Å². The highest BCUT2D eigenvalue weighted by Gasteiger charge is 2.30. The van der Waals surface area contributed by atoms with E-state index in [1.165, 1.54) is 12.1 Å². The summed E-state index contributed by atoms with van der Waals surface area (Å²) in [6.45, 7) is 0. The van der Waals surface area contributed by atoms with Gasteiger partial charge in [0.25, 0.3) is 0 Å². The molecule has 2 aromatic rings. The van der Waals surface area contributed by atoms with E-state index in [2.05, 4.69) is 9.72 Å². The summed E-state index contributed by atoms with van der Waals surface area (Å²) in [4.78, 5) is 14.2. The lowest BCUT2D eigenvalue weighted by molar-refractivity contribution is -0.137. The van der Waals surface area contributed by atoms with E-state index < -0.39 is 17.8 Å². The molecule has 0 spiro atoms. The summed E-state index contributed by atoms with van der Waals surface area (Å²) < 4.78 is 46.2. The van der Waals surface area contributed by atoms with Gasteiger partial charge in [0.2, 0.25) is 0 Å². The predicted molar refractivity (Wildman–Crippen MR) is 57.2 cm³/mol. The number of halogens is 3. The molecule has 0 aliphatic heterocycles. The number of ether oxygens (including phenoxy) is 1. The SMILES string of the molecule is NC(=O)Oc1nc(-c2ccc(C(F)(F)F)cc2)co1. The first kappa shape index (κ1) is 12.9. The van der Waals surface area contributed by atoms with Gasteiger partial charge in [0.15, 0.2) is 0 Å². The molecule has 5 nitrogen and oxygen atoms in total. The molecule has 0 saturated carbocycles. The van der Waals surface area contributed by atoms with Gasteiger partial charge in [-0.1, -0.05) is 12.1 Å². The average molecular weight is 272 g/mol. The topological polar surface area (TPSA) is 78.4 Å². The Balaban J connectivity index is 2.23. The van der Waals surface area contributed by atoms with Crippen molar-refractivity contribution in [2.24, 2.45) is 5.73 Å². The third-order valence-electron chi connectivity index (χ3n) is 2.18. The lowest BCUT2D eigenvalue weighted by atomic mass is 10.1. The molecule has 0 fully saturated rings. The number of benzene rings is 1. The van der Waals surface area contributed by atoms with Crippen molar-refractivity contribution >= 4 is 6.09 Å². The zero-order chi connectivity index (χ0) is 14.0. The maximum absolute atomic E-state index is 12.4. The van der Waals surface area contributed by atoms with Gasteiger partial charge in [0.05, 0.1) is 5.56 Å². The highest BCUT2D eigenvalue weighted by Crippen LogP contribution is 2.31. The second kappa shape index (κ2) is 4.63. The van der Waals surface area contributed by atoms with Crippen molar-refractivity contribution in [2.75, 3.05) is 0 Å². The monoisotopic (exact) mass is 272 g/mol. The number of primary amides is 1. The Kier molecular flexibility index (Phi) is 3.16. The Hall–Kier alpha value is -2.51. The number of aromatic nitrogens is 1. The Morgan fingerprint density at radius 2 is 1.89 bits per heavy atom. The van der Waals surface area contributed by atoms with Gasteiger partial charge < -0.3 is 14.9 Å². The van der Waals surface area contributed by atoms with Crippen molar-refractivity contribution in [1.82, 2.24) is 4.98 Å². The Morgan fingerprint density at radius 3 is 2.42 bits per heavy atom. The minimum absolute atomic E-state index is 0.227. The summed E-state index contributed by atoms with van der Waals surface area (Å²) in [6, 6.07) is 4.29. The number of rotatable bonds is 2. The summed E-state index contributed by atoms with van der Waals surface area (Å²) in [5, 5.41) is 0. The van der Waals surface area contributed by atoms with Gasteiger partial charge in [-0.2, -0.15) is 18.2 Å². The van der Waals surface area contributed by atoms with E-state index >= 15 is 0 Å². The molecule has 0 aliphatic rings. The largest absolute Gasteiger partial charge is 0.417 e. The van der Waals surface area contributed by atoms with Gasteiger partial charge in [-0.25, -0.2) is 4.79 Å². The summed E-state index contributed by atoms with van der Waals surface area (Å²) >= 11 is 0. The molecule has 0 saturated heterocycles. The van der Waals surface area contributed by atoms with E-state index in [-0.39, 0.29) is 11.8 Å². The van der Waals surface area contributed by atoms with Crippen LogP contribution in [0.2, 0.25) is 0 Å². The summed E-state index contributed by atoms with van der Waals surface area (Å²) in [5.41, 5.74) is 4.60. The van der Waals surface area contributed by atoms with Crippen LogP contribution in [0.1, 0.15) is 5.56 Å². The summed E-state index contributed by atoms with van der Waals surface area (Å²) in [5.74, 6) is 0. The van der Waals surface area contributed by atoms with Crippen LogP contribution in [0.15, 0.2) is 34.9 Å². The van der Waals surface area contributed by atoms with Crippen molar-refractivity contribution in [3.05, 3.63) is 36.1 Å². The predicted octanol–water partition coefficient (Wildman–Crippen LogP) is 2.82. The molecular formula is C11H7F3N2O3. The van der Waals surface area contributed by atoms with Crippen LogP contribution in [0.3, 0.4) is 0 Å². The van der Waals surface area contributed by atoms with Crippen LogP contribution in [0.5, 0.6) is 6.08 Å².